The smallest absolute Gasteiger partial charge is 0.249 e. The average molecular weight is 297 g/mol. The Morgan fingerprint density at radius 2 is 2.12 bits per heavy atom. The predicted octanol–water partition coefficient (Wildman–Crippen LogP) is 3.00. The molecule has 1 aliphatic carbocycles. The van der Waals surface area contributed by atoms with E-state index in [1.807, 2.05) is 13.8 Å². The lowest BCUT2D eigenvalue weighted by molar-refractivity contribution is 0.437. The highest BCUT2D eigenvalue weighted by atomic mass is 35.7. The van der Waals surface area contributed by atoms with Crippen molar-refractivity contribution in [1.29, 1.82) is 0 Å². The van der Waals surface area contributed by atoms with Gasteiger partial charge in [0.2, 0.25) is 0 Å². The van der Waals surface area contributed by atoms with Crippen LogP contribution in [-0.2, 0) is 15.5 Å². The summed E-state index contributed by atoms with van der Waals surface area (Å²) in [5.41, 5.74) is 0.442. The molecule has 4 nitrogen and oxygen atoms in total. The fraction of sp³-hybridized carbons (Fsp3) is 0.700. The molecule has 1 atom stereocenters. The van der Waals surface area contributed by atoms with Gasteiger partial charge in [0.15, 0.2) is 0 Å². The van der Waals surface area contributed by atoms with Crippen LogP contribution in [0, 0.1) is 5.92 Å². The number of rotatable bonds is 4. The Kier molecular flexibility index (Phi) is 3.45. The lowest BCUT2D eigenvalue weighted by Crippen LogP contribution is -2.09. The van der Waals surface area contributed by atoms with Crippen molar-refractivity contribution >= 4 is 31.3 Å². The van der Waals surface area contributed by atoms with Crippen molar-refractivity contribution in [2.75, 3.05) is 0 Å². The van der Waals surface area contributed by atoms with Gasteiger partial charge in [-0.1, -0.05) is 18.5 Å². The molecular formula is C10H14Cl2N2O2S. The maximum atomic E-state index is 11.5. The lowest BCUT2D eigenvalue weighted by Gasteiger charge is -2.11. The third-order valence-corrected chi connectivity index (χ3v) is 5.00. The Morgan fingerprint density at radius 1 is 1.53 bits per heavy atom. The maximum absolute atomic E-state index is 11.5. The summed E-state index contributed by atoms with van der Waals surface area (Å²) >= 11 is 6.10. The van der Waals surface area contributed by atoms with E-state index in [2.05, 4.69) is 5.10 Å². The van der Waals surface area contributed by atoms with Crippen molar-refractivity contribution in [3.05, 3.63) is 10.8 Å². The Hall–Kier alpha value is -0.260. The van der Waals surface area contributed by atoms with Crippen molar-refractivity contribution in [3.63, 3.8) is 0 Å². The summed E-state index contributed by atoms with van der Waals surface area (Å²) in [5.74, 6) is 0.544. The second-order valence-corrected chi connectivity index (χ2v) is 7.24. The molecule has 1 aliphatic rings. The van der Waals surface area contributed by atoms with E-state index in [0.717, 1.165) is 12.8 Å². The molecule has 0 aromatic carbocycles. The minimum Gasteiger partial charge on any atom is -0.249 e. The van der Waals surface area contributed by atoms with Gasteiger partial charge in [0.1, 0.15) is 10.0 Å². The largest absolute Gasteiger partial charge is 0.266 e. The summed E-state index contributed by atoms with van der Waals surface area (Å²) in [6, 6.07) is 0.125. The summed E-state index contributed by atoms with van der Waals surface area (Å²) < 4.78 is 24.6. The monoisotopic (exact) mass is 296 g/mol. The zero-order chi connectivity index (χ0) is 12.8. The first-order valence-corrected chi connectivity index (χ1v) is 8.26. The van der Waals surface area contributed by atoms with E-state index in [1.54, 1.807) is 4.68 Å². The summed E-state index contributed by atoms with van der Waals surface area (Å²) in [6.07, 6.45) is 2.77. The molecule has 1 unspecified atom stereocenters. The number of nitrogens with zero attached hydrogens (tertiary/aromatic N) is 2. The van der Waals surface area contributed by atoms with Gasteiger partial charge < -0.3 is 0 Å². The highest BCUT2D eigenvalue weighted by molar-refractivity contribution is 8.13. The molecule has 1 heterocycles. The molecule has 2 rings (SSSR count). The number of halogens is 2. The van der Waals surface area contributed by atoms with Crippen molar-refractivity contribution in [3.8, 4) is 0 Å². The molecule has 0 amide bonds. The average Bonchev–Trinajstić information content (AvgIpc) is 2.99. The topological polar surface area (TPSA) is 52.0 Å². The zero-order valence-corrected chi connectivity index (χ0v) is 12.0. The first-order chi connectivity index (χ1) is 7.86. The van der Waals surface area contributed by atoms with E-state index in [9.17, 15) is 8.42 Å². The predicted molar refractivity (Wildman–Crippen MR) is 67.1 cm³/mol. The van der Waals surface area contributed by atoms with E-state index < -0.39 is 9.05 Å². The van der Waals surface area contributed by atoms with Gasteiger partial charge in [-0.05, 0) is 32.1 Å². The summed E-state index contributed by atoms with van der Waals surface area (Å²) in [4.78, 5) is -0.0316. The molecule has 0 radical (unpaired) electrons. The van der Waals surface area contributed by atoms with E-state index in [1.165, 1.54) is 0 Å². The molecule has 1 saturated carbocycles. The van der Waals surface area contributed by atoms with E-state index in [4.69, 9.17) is 22.3 Å². The highest BCUT2D eigenvalue weighted by Gasteiger charge is 2.34. The van der Waals surface area contributed by atoms with Crippen LogP contribution in [0.2, 0.25) is 5.15 Å². The van der Waals surface area contributed by atoms with Crippen LogP contribution >= 0.6 is 22.3 Å². The second kappa shape index (κ2) is 4.44. The standard InChI is InChI=1S/C10H14Cl2N2O2S/c1-3-8-9(17(12,15)16)10(11)14(13-8)6(2)7-4-5-7/h6-7H,3-5H2,1-2H3. The SMILES string of the molecule is CCc1nn(C(C)C2CC2)c(Cl)c1S(=O)(=O)Cl. The summed E-state index contributed by atoms with van der Waals surface area (Å²) in [7, 11) is 1.56. The molecule has 0 saturated heterocycles. The molecule has 96 valence electrons. The van der Waals surface area contributed by atoms with Crippen LogP contribution in [0.3, 0.4) is 0 Å². The molecule has 0 spiro atoms. The Balaban J connectivity index is 2.52. The first-order valence-electron chi connectivity index (χ1n) is 5.57. The first kappa shape index (κ1) is 13.2. The van der Waals surface area contributed by atoms with Crippen molar-refractivity contribution in [2.24, 2.45) is 5.92 Å². The zero-order valence-electron chi connectivity index (χ0n) is 9.65. The van der Waals surface area contributed by atoms with Crippen LogP contribution in [0.1, 0.15) is 38.4 Å². The van der Waals surface area contributed by atoms with E-state index in [0.29, 0.717) is 18.0 Å². The number of hydrogen-bond donors (Lipinski definition) is 0. The van der Waals surface area contributed by atoms with E-state index >= 15 is 0 Å². The van der Waals surface area contributed by atoms with Gasteiger partial charge in [0.25, 0.3) is 9.05 Å². The van der Waals surface area contributed by atoms with Crippen molar-refractivity contribution < 1.29 is 8.42 Å². The Labute approximate surface area is 110 Å². The number of hydrogen-bond acceptors (Lipinski definition) is 3. The Morgan fingerprint density at radius 3 is 2.47 bits per heavy atom. The molecule has 0 aliphatic heterocycles. The molecule has 7 heteroatoms. The lowest BCUT2D eigenvalue weighted by atomic mass is 10.2. The quantitative estimate of drug-likeness (QED) is 0.803. The minimum atomic E-state index is -3.84. The highest BCUT2D eigenvalue weighted by Crippen LogP contribution is 2.42. The summed E-state index contributed by atoms with van der Waals surface area (Å²) in [6.45, 7) is 3.83. The number of aromatic nitrogens is 2. The molecule has 1 aromatic heterocycles. The second-order valence-electron chi connectivity index (χ2n) is 4.38. The van der Waals surface area contributed by atoms with Crippen LogP contribution in [0.5, 0.6) is 0 Å². The van der Waals surface area contributed by atoms with Gasteiger partial charge in [-0.3, -0.25) is 0 Å². The van der Waals surface area contributed by atoms with E-state index in [-0.39, 0.29) is 16.1 Å². The van der Waals surface area contributed by atoms with Crippen LogP contribution in [0.25, 0.3) is 0 Å². The molecule has 17 heavy (non-hydrogen) atoms. The maximum Gasteiger partial charge on any atom is 0.266 e. The van der Waals surface area contributed by atoms with Crippen LogP contribution in [0.15, 0.2) is 4.90 Å². The van der Waals surface area contributed by atoms with Crippen LogP contribution in [-0.4, -0.2) is 18.2 Å². The van der Waals surface area contributed by atoms with Gasteiger partial charge in [-0.2, -0.15) is 5.10 Å². The van der Waals surface area contributed by atoms with Crippen LogP contribution < -0.4 is 0 Å². The molecule has 1 aromatic rings. The van der Waals surface area contributed by atoms with Crippen LogP contribution in [0.4, 0.5) is 0 Å². The summed E-state index contributed by atoms with van der Waals surface area (Å²) in [5, 5.41) is 4.41. The van der Waals surface area contributed by atoms with Gasteiger partial charge in [-0.15, -0.1) is 0 Å². The molecule has 1 fully saturated rings. The Bertz CT molecular complexity index is 535. The molecule has 0 bridgehead atoms. The normalized spacial score (nSPS) is 18.4. The fourth-order valence-corrected chi connectivity index (χ4v) is 3.93. The van der Waals surface area contributed by atoms with Gasteiger partial charge >= 0.3 is 0 Å². The minimum absolute atomic E-state index is 0.0316. The number of aryl methyl sites for hydroxylation is 1. The van der Waals surface area contributed by atoms with Crippen molar-refractivity contribution in [2.45, 2.75) is 44.0 Å². The third kappa shape index (κ3) is 2.46. The third-order valence-electron chi connectivity index (χ3n) is 3.15. The van der Waals surface area contributed by atoms with Gasteiger partial charge in [0.05, 0.1) is 11.7 Å². The molecule has 0 N–H and O–H groups in total. The van der Waals surface area contributed by atoms with Gasteiger partial charge in [0, 0.05) is 10.7 Å². The van der Waals surface area contributed by atoms with Gasteiger partial charge in [-0.25, -0.2) is 13.1 Å². The molecular weight excluding hydrogens is 283 g/mol. The fourth-order valence-electron chi connectivity index (χ4n) is 1.96. The van der Waals surface area contributed by atoms with Crippen molar-refractivity contribution in [1.82, 2.24) is 9.78 Å².